The molecule has 0 spiro atoms. The van der Waals surface area contributed by atoms with Crippen LogP contribution in [-0.4, -0.2) is 49.4 Å². The van der Waals surface area contributed by atoms with E-state index in [-0.39, 0.29) is 6.42 Å². The molecular formula is C26H33Cl2N2O6+. The number of hydrogen-bond donors (Lipinski definition) is 0. The number of likely N-dealkylation sites (tertiary alicyclic amines) is 1. The summed E-state index contributed by atoms with van der Waals surface area (Å²) in [6.45, 7) is 5.79. The second-order valence-electron chi connectivity index (χ2n) is 9.56. The molecule has 1 aromatic heterocycles. The van der Waals surface area contributed by atoms with Crippen LogP contribution in [0.15, 0.2) is 30.6 Å². The molecular weight excluding hydrogens is 507 g/mol. The predicted molar refractivity (Wildman–Crippen MR) is 136 cm³/mol. The average molecular weight is 540 g/mol. The minimum absolute atomic E-state index is 0.215. The van der Waals surface area contributed by atoms with Gasteiger partial charge in [-0.1, -0.05) is 29.3 Å². The fraction of sp³-hybridized carbons (Fsp3) is 0.500. The molecule has 2 heterocycles. The molecule has 1 aliphatic rings. The number of halogens is 2. The first-order valence-electron chi connectivity index (χ1n) is 11.8. The van der Waals surface area contributed by atoms with Gasteiger partial charge in [0.1, 0.15) is 27.8 Å². The van der Waals surface area contributed by atoms with Crippen molar-refractivity contribution in [3.8, 4) is 11.5 Å². The van der Waals surface area contributed by atoms with Crippen molar-refractivity contribution in [1.29, 1.82) is 0 Å². The summed E-state index contributed by atoms with van der Waals surface area (Å²) in [5.41, 5.74) is 0.612. The van der Waals surface area contributed by atoms with E-state index >= 15 is 0 Å². The highest BCUT2D eigenvalue weighted by atomic mass is 35.5. The molecule has 1 fully saturated rings. The van der Waals surface area contributed by atoms with Crippen LogP contribution in [0.2, 0.25) is 10.0 Å². The molecule has 0 aliphatic carbocycles. The smallest absolute Gasteiger partial charge is 0.411 e. The third-order valence-corrected chi connectivity index (χ3v) is 6.50. The molecule has 1 saturated heterocycles. The lowest BCUT2D eigenvalue weighted by Crippen LogP contribution is -2.50. The van der Waals surface area contributed by atoms with Crippen LogP contribution in [0.4, 0.5) is 4.79 Å². The van der Waals surface area contributed by atoms with Crippen LogP contribution < -0.4 is 14.5 Å². The first-order chi connectivity index (χ1) is 17.0. The van der Waals surface area contributed by atoms with Crippen LogP contribution >= 0.6 is 23.2 Å². The molecule has 0 unspecified atom stereocenters. The molecule has 0 saturated carbocycles. The van der Waals surface area contributed by atoms with Crippen molar-refractivity contribution in [2.45, 2.75) is 64.2 Å². The summed E-state index contributed by atoms with van der Waals surface area (Å²) >= 11 is 12.8. The van der Waals surface area contributed by atoms with Gasteiger partial charge in [-0.05, 0) is 57.7 Å². The summed E-state index contributed by atoms with van der Waals surface area (Å²) < 4.78 is 22.4. The van der Waals surface area contributed by atoms with Crippen molar-refractivity contribution in [2.75, 3.05) is 20.8 Å². The number of H-pyrrole nitrogens is 1. The minimum atomic E-state index is -0.758. The number of piperidine rings is 1. The number of methoxy groups -OCH3 is 2. The third kappa shape index (κ3) is 6.95. The number of carbonyl (C=O) groups excluding carboxylic acids is 2. The second-order valence-corrected chi connectivity index (χ2v) is 10.4. The van der Waals surface area contributed by atoms with Crippen LogP contribution in [0.5, 0.6) is 11.5 Å². The largest absolute Gasteiger partial charge is 0.493 e. The maximum atomic E-state index is 13.5. The molecule has 36 heavy (non-hydrogen) atoms. The Balaban J connectivity index is 1.93. The number of esters is 1. The first-order valence-corrected chi connectivity index (χ1v) is 12.6. The van der Waals surface area contributed by atoms with Crippen molar-refractivity contribution in [3.05, 3.63) is 51.8 Å². The monoisotopic (exact) mass is 539 g/mol. The highest BCUT2D eigenvalue weighted by Crippen LogP contribution is 2.35. The molecule has 3 rings (SSSR count). The average Bonchev–Trinajstić information content (AvgIpc) is 2.84. The molecule has 8 nitrogen and oxygen atoms in total. The quantitative estimate of drug-likeness (QED) is 0.435. The van der Waals surface area contributed by atoms with Crippen molar-refractivity contribution >= 4 is 35.3 Å². The van der Waals surface area contributed by atoms with E-state index in [2.05, 4.69) is 4.98 Å². The van der Waals surface area contributed by atoms with Gasteiger partial charge in [0, 0.05) is 18.5 Å². The fourth-order valence-electron chi connectivity index (χ4n) is 4.07. The molecule has 0 bridgehead atoms. The number of ether oxygens (including phenoxy) is 4. The Labute approximate surface area is 221 Å². The van der Waals surface area contributed by atoms with Gasteiger partial charge in [-0.3, -0.25) is 4.90 Å². The lowest BCUT2D eigenvalue weighted by Gasteiger charge is -2.36. The van der Waals surface area contributed by atoms with Crippen LogP contribution in [0.3, 0.4) is 0 Å². The fourth-order valence-corrected chi connectivity index (χ4v) is 4.60. The number of amides is 1. The maximum absolute atomic E-state index is 13.5. The number of nitrogens with one attached hydrogen (secondary N) is 1. The van der Waals surface area contributed by atoms with Gasteiger partial charge in [-0.2, -0.15) is 0 Å². The Morgan fingerprint density at radius 1 is 1.08 bits per heavy atom. The van der Waals surface area contributed by atoms with Gasteiger partial charge in [0.25, 0.3) is 0 Å². The number of aromatic amines is 1. The van der Waals surface area contributed by atoms with E-state index < -0.39 is 29.8 Å². The number of aromatic nitrogens is 1. The van der Waals surface area contributed by atoms with Crippen LogP contribution in [0.25, 0.3) is 0 Å². The highest BCUT2D eigenvalue weighted by Gasteiger charge is 2.37. The maximum Gasteiger partial charge on any atom is 0.411 e. The van der Waals surface area contributed by atoms with Crippen molar-refractivity contribution in [1.82, 2.24) is 4.90 Å². The summed E-state index contributed by atoms with van der Waals surface area (Å²) in [6, 6.07) is 4.53. The molecule has 1 aliphatic heterocycles. The molecule has 1 aromatic carbocycles. The first kappa shape index (κ1) is 27.9. The van der Waals surface area contributed by atoms with E-state index in [0.29, 0.717) is 45.6 Å². The van der Waals surface area contributed by atoms with Crippen LogP contribution in [0.1, 0.15) is 57.3 Å². The Morgan fingerprint density at radius 2 is 1.75 bits per heavy atom. The standard InChI is InChI=1S/C26H32Cl2N2O6/c1-26(2,3)36-25(32)30-11-7-6-8-20(30)24(31)35-22(13-17-18(27)14-29-15-19(17)28)16-9-10-21(33-4)23(12-16)34-5/h9-10,12,14-15,20,22H,6-8,11,13H2,1-5H3/p+1/t20-,22-/m0/s1. The number of benzene rings is 1. The highest BCUT2D eigenvalue weighted by molar-refractivity contribution is 6.35. The molecule has 2 aromatic rings. The van der Waals surface area contributed by atoms with E-state index in [1.54, 1.807) is 58.5 Å². The zero-order valence-corrected chi connectivity index (χ0v) is 22.7. The Morgan fingerprint density at radius 3 is 2.36 bits per heavy atom. The Hall–Kier alpha value is -2.71. The van der Waals surface area contributed by atoms with Crippen molar-refractivity contribution < 1.29 is 33.5 Å². The van der Waals surface area contributed by atoms with Crippen LogP contribution in [-0.2, 0) is 20.7 Å². The zero-order valence-electron chi connectivity index (χ0n) is 21.2. The molecule has 1 amide bonds. The number of rotatable bonds is 7. The van der Waals surface area contributed by atoms with Crippen molar-refractivity contribution in [2.24, 2.45) is 0 Å². The molecule has 10 heteroatoms. The van der Waals surface area contributed by atoms with Crippen molar-refractivity contribution in [3.63, 3.8) is 0 Å². The lowest BCUT2D eigenvalue weighted by atomic mass is 10.00. The lowest BCUT2D eigenvalue weighted by molar-refractivity contribution is -0.377. The van der Waals surface area contributed by atoms with Gasteiger partial charge < -0.3 is 18.9 Å². The van der Waals surface area contributed by atoms with Gasteiger partial charge in [-0.15, -0.1) is 0 Å². The summed E-state index contributed by atoms with van der Waals surface area (Å²) in [5.74, 6) is 0.512. The van der Waals surface area contributed by atoms with Gasteiger partial charge in [0.15, 0.2) is 23.9 Å². The predicted octanol–water partition coefficient (Wildman–Crippen LogP) is 5.44. The topological polar surface area (TPSA) is 88.4 Å². The second kappa shape index (κ2) is 12.0. The minimum Gasteiger partial charge on any atom is -0.493 e. The van der Waals surface area contributed by atoms with E-state index in [1.807, 2.05) is 0 Å². The van der Waals surface area contributed by atoms with E-state index in [0.717, 1.165) is 12.8 Å². The van der Waals surface area contributed by atoms with Gasteiger partial charge in [0.05, 0.1) is 14.2 Å². The summed E-state index contributed by atoms with van der Waals surface area (Å²) in [6.07, 6.45) is 4.22. The number of carbonyl (C=O) groups is 2. The van der Waals surface area contributed by atoms with E-state index in [4.69, 9.17) is 42.1 Å². The molecule has 196 valence electrons. The Kier molecular flexibility index (Phi) is 9.30. The number of pyridine rings is 1. The van der Waals surface area contributed by atoms with Crippen LogP contribution in [0, 0.1) is 0 Å². The van der Waals surface area contributed by atoms with Gasteiger partial charge in [0.2, 0.25) is 0 Å². The third-order valence-electron chi connectivity index (χ3n) is 5.83. The zero-order chi connectivity index (χ0) is 26.5. The van der Waals surface area contributed by atoms with Gasteiger partial charge >= 0.3 is 12.1 Å². The summed E-state index contributed by atoms with van der Waals surface area (Å²) in [7, 11) is 3.08. The summed E-state index contributed by atoms with van der Waals surface area (Å²) in [4.78, 5) is 30.7. The normalized spacial score (nSPS) is 16.8. The van der Waals surface area contributed by atoms with Gasteiger partial charge in [-0.25, -0.2) is 14.6 Å². The number of hydrogen-bond acceptors (Lipinski definition) is 6. The molecule has 0 radical (unpaired) electrons. The van der Waals surface area contributed by atoms with E-state index in [9.17, 15) is 9.59 Å². The number of nitrogens with zero attached hydrogens (tertiary/aromatic N) is 1. The SMILES string of the molecule is COc1ccc([C@H](Cc2c(Cl)c[nH+]cc2Cl)OC(=O)[C@@H]2CCCCN2C(=O)OC(C)(C)C)cc1OC. The van der Waals surface area contributed by atoms with E-state index in [1.165, 1.54) is 12.0 Å². The molecule has 1 N–H and O–H groups in total. The molecule has 2 atom stereocenters. The summed E-state index contributed by atoms with van der Waals surface area (Å²) in [5, 5.41) is 0.828. The Bertz CT molecular complexity index is 1070.